The summed E-state index contributed by atoms with van der Waals surface area (Å²) in [4.78, 5) is 14.2. The largest absolute Gasteiger partial charge is 0.480 e. The Morgan fingerprint density at radius 1 is 1.29 bits per heavy atom. The van der Waals surface area contributed by atoms with Gasteiger partial charge in [-0.15, -0.1) is 0 Å². The van der Waals surface area contributed by atoms with Crippen LogP contribution in [0.3, 0.4) is 0 Å². The van der Waals surface area contributed by atoms with Crippen molar-refractivity contribution in [3.05, 3.63) is 35.9 Å². The summed E-state index contributed by atoms with van der Waals surface area (Å²) in [5.41, 5.74) is -0.282. The highest BCUT2D eigenvalue weighted by Gasteiger charge is 2.41. The molecule has 2 N–H and O–H groups in total. The van der Waals surface area contributed by atoms with Crippen LogP contribution in [0, 0.1) is 5.92 Å². The van der Waals surface area contributed by atoms with Gasteiger partial charge in [0, 0.05) is 12.6 Å². The molecule has 0 fully saturated rings. The molecular formula is C17H28N2O2. The van der Waals surface area contributed by atoms with Gasteiger partial charge in [-0.3, -0.25) is 5.32 Å². The van der Waals surface area contributed by atoms with Crippen LogP contribution in [0.25, 0.3) is 0 Å². The van der Waals surface area contributed by atoms with Gasteiger partial charge in [-0.05, 0) is 32.0 Å². The van der Waals surface area contributed by atoms with E-state index >= 15 is 0 Å². The summed E-state index contributed by atoms with van der Waals surface area (Å²) < 4.78 is 0. The molecule has 0 bridgehead atoms. The highest BCUT2D eigenvalue weighted by Crippen LogP contribution is 2.24. The van der Waals surface area contributed by atoms with Crippen LogP contribution in [-0.4, -0.2) is 42.2 Å². The molecule has 0 amide bonds. The second kappa shape index (κ2) is 7.57. The molecule has 0 saturated heterocycles. The van der Waals surface area contributed by atoms with Gasteiger partial charge in [0.25, 0.3) is 0 Å². The Morgan fingerprint density at radius 3 is 2.29 bits per heavy atom. The Kier molecular flexibility index (Phi) is 6.37. The Hall–Kier alpha value is -1.39. The third-order valence-corrected chi connectivity index (χ3v) is 4.26. The van der Waals surface area contributed by atoms with Crippen molar-refractivity contribution in [1.29, 1.82) is 0 Å². The Balaban J connectivity index is 3.16. The monoisotopic (exact) mass is 292 g/mol. The van der Waals surface area contributed by atoms with Crippen LogP contribution in [-0.2, 0) is 10.3 Å². The van der Waals surface area contributed by atoms with Crippen LogP contribution in [0.2, 0.25) is 0 Å². The predicted octanol–water partition coefficient (Wildman–Crippen LogP) is 2.55. The number of rotatable bonds is 8. The predicted molar refractivity (Wildman–Crippen MR) is 86.4 cm³/mol. The van der Waals surface area contributed by atoms with Gasteiger partial charge < -0.3 is 10.0 Å². The van der Waals surface area contributed by atoms with Crippen LogP contribution in [0.4, 0.5) is 0 Å². The Labute approximate surface area is 128 Å². The van der Waals surface area contributed by atoms with Crippen molar-refractivity contribution in [2.24, 2.45) is 5.92 Å². The SMILES string of the molecule is CCNC(CN(C)C(C)C(C)C)(C(=O)O)c1ccccc1. The van der Waals surface area contributed by atoms with E-state index in [0.29, 0.717) is 25.0 Å². The molecule has 0 aliphatic heterocycles. The molecule has 0 aromatic heterocycles. The number of hydrogen-bond acceptors (Lipinski definition) is 3. The number of nitrogens with zero attached hydrogens (tertiary/aromatic N) is 1. The lowest BCUT2D eigenvalue weighted by Gasteiger charge is -2.38. The third-order valence-electron chi connectivity index (χ3n) is 4.26. The average molecular weight is 292 g/mol. The molecular weight excluding hydrogens is 264 g/mol. The highest BCUT2D eigenvalue weighted by atomic mass is 16.4. The first kappa shape index (κ1) is 17.7. The zero-order valence-electron chi connectivity index (χ0n) is 13.8. The number of carboxylic acids is 1. The van der Waals surface area contributed by atoms with Crippen molar-refractivity contribution in [2.45, 2.75) is 39.3 Å². The fourth-order valence-corrected chi connectivity index (χ4v) is 2.57. The summed E-state index contributed by atoms with van der Waals surface area (Å²) in [5, 5.41) is 13.1. The van der Waals surface area contributed by atoms with Crippen molar-refractivity contribution in [1.82, 2.24) is 10.2 Å². The van der Waals surface area contributed by atoms with Gasteiger partial charge in [-0.2, -0.15) is 0 Å². The van der Waals surface area contributed by atoms with Crippen LogP contribution >= 0.6 is 0 Å². The zero-order chi connectivity index (χ0) is 16.0. The number of hydrogen-bond donors (Lipinski definition) is 2. The van der Waals surface area contributed by atoms with Crippen molar-refractivity contribution in [3.63, 3.8) is 0 Å². The maximum atomic E-state index is 12.1. The van der Waals surface area contributed by atoms with E-state index in [-0.39, 0.29) is 0 Å². The molecule has 0 heterocycles. The molecule has 1 aromatic rings. The topological polar surface area (TPSA) is 52.6 Å². The minimum absolute atomic E-state index is 0.311. The van der Waals surface area contributed by atoms with Crippen molar-refractivity contribution < 1.29 is 9.90 Å². The van der Waals surface area contributed by atoms with Crippen molar-refractivity contribution >= 4 is 5.97 Å². The van der Waals surface area contributed by atoms with Gasteiger partial charge >= 0.3 is 5.97 Å². The van der Waals surface area contributed by atoms with Crippen LogP contribution in [0.5, 0.6) is 0 Å². The standard InChI is InChI=1S/C17H28N2O2/c1-6-18-17(16(20)21,15-10-8-7-9-11-15)12-19(5)14(4)13(2)3/h7-11,13-14,18H,6,12H2,1-5H3,(H,20,21). The summed E-state index contributed by atoms with van der Waals surface area (Å²) in [6.45, 7) is 9.41. The number of likely N-dealkylation sites (N-methyl/N-ethyl adjacent to an activating group) is 2. The fraction of sp³-hybridized carbons (Fsp3) is 0.588. The van der Waals surface area contributed by atoms with Gasteiger partial charge in [0.1, 0.15) is 0 Å². The lowest BCUT2D eigenvalue weighted by molar-refractivity contribution is -0.146. The van der Waals surface area contributed by atoms with Crippen molar-refractivity contribution in [2.75, 3.05) is 20.1 Å². The third kappa shape index (κ3) is 4.05. The first-order chi connectivity index (χ1) is 9.85. The molecule has 0 saturated carbocycles. The summed E-state index contributed by atoms with van der Waals surface area (Å²) in [6, 6.07) is 9.75. The number of aliphatic carboxylic acids is 1. The smallest absolute Gasteiger partial charge is 0.329 e. The number of carbonyl (C=O) groups is 1. The van der Waals surface area contributed by atoms with E-state index in [1.807, 2.05) is 44.3 Å². The lowest BCUT2D eigenvalue weighted by Crippen LogP contribution is -2.57. The van der Waals surface area contributed by atoms with Gasteiger partial charge in [0.2, 0.25) is 0 Å². The molecule has 4 heteroatoms. The minimum atomic E-state index is -1.08. The van der Waals surface area contributed by atoms with Crippen LogP contribution < -0.4 is 5.32 Å². The highest BCUT2D eigenvalue weighted by molar-refractivity contribution is 5.81. The minimum Gasteiger partial charge on any atom is -0.480 e. The van der Waals surface area contributed by atoms with E-state index in [4.69, 9.17) is 0 Å². The van der Waals surface area contributed by atoms with E-state index in [9.17, 15) is 9.90 Å². The van der Waals surface area contributed by atoms with Crippen molar-refractivity contribution in [3.8, 4) is 0 Å². The molecule has 2 atom stereocenters. The van der Waals surface area contributed by atoms with Crippen LogP contribution in [0.15, 0.2) is 30.3 Å². The lowest BCUT2D eigenvalue weighted by atomic mass is 9.88. The number of nitrogens with one attached hydrogen (secondary N) is 1. The van der Waals surface area contributed by atoms with Gasteiger partial charge in [-0.1, -0.05) is 51.1 Å². The van der Waals surface area contributed by atoms with E-state index in [2.05, 4.69) is 31.0 Å². The maximum Gasteiger partial charge on any atom is 0.329 e. The molecule has 21 heavy (non-hydrogen) atoms. The second-order valence-electron chi connectivity index (χ2n) is 6.01. The maximum absolute atomic E-state index is 12.1. The molecule has 0 aliphatic rings. The zero-order valence-corrected chi connectivity index (χ0v) is 13.8. The summed E-state index contributed by atoms with van der Waals surface area (Å²) in [7, 11) is 1.99. The Morgan fingerprint density at radius 2 is 1.86 bits per heavy atom. The second-order valence-corrected chi connectivity index (χ2v) is 6.01. The first-order valence-corrected chi connectivity index (χ1v) is 7.59. The molecule has 1 aromatic carbocycles. The van der Waals surface area contributed by atoms with Crippen LogP contribution in [0.1, 0.15) is 33.3 Å². The molecule has 118 valence electrons. The van der Waals surface area contributed by atoms with Gasteiger partial charge in [0.15, 0.2) is 5.54 Å². The van der Waals surface area contributed by atoms with E-state index in [1.54, 1.807) is 0 Å². The summed E-state index contributed by atoms with van der Waals surface area (Å²) in [5.74, 6) is -0.364. The number of carboxylic acid groups (broad SMARTS) is 1. The molecule has 0 spiro atoms. The van der Waals surface area contributed by atoms with Gasteiger partial charge in [0.05, 0.1) is 0 Å². The fourth-order valence-electron chi connectivity index (χ4n) is 2.57. The molecule has 4 nitrogen and oxygen atoms in total. The summed E-state index contributed by atoms with van der Waals surface area (Å²) in [6.07, 6.45) is 0. The molecule has 0 aliphatic carbocycles. The first-order valence-electron chi connectivity index (χ1n) is 7.59. The molecule has 0 radical (unpaired) electrons. The average Bonchev–Trinajstić information content (AvgIpc) is 2.46. The molecule has 2 unspecified atom stereocenters. The molecule has 1 rings (SSSR count). The van der Waals surface area contributed by atoms with E-state index < -0.39 is 11.5 Å². The normalized spacial score (nSPS) is 16.0. The van der Waals surface area contributed by atoms with E-state index in [0.717, 1.165) is 5.56 Å². The quantitative estimate of drug-likeness (QED) is 0.773. The Bertz CT molecular complexity index is 447. The van der Waals surface area contributed by atoms with E-state index in [1.165, 1.54) is 0 Å². The summed E-state index contributed by atoms with van der Waals surface area (Å²) >= 11 is 0. The van der Waals surface area contributed by atoms with Gasteiger partial charge in [-0.25, -0.2) is 4.79 Å². The number of benzene rings is 1.